The SMILES string of the molecule is CCCCCCOP(=O)(CC(=O)N1c2ccccc2Sc2ccc(Cl)cc21)OCCCCCC. The zero-order chi connectivity index (χ0) is 24.4. The van der Waals surface area contributed by atoms with Gasteiger partial charge in [0.2, 0.25) is 5.91 Å². The summed E-state index contributed by atoms with van der Waals surface area (Å²) in [6.45, 7) is 4.94. The molecule has 34 heavy (non-hydrogen) atoms. The molecule has 0 aromatic heterocycles. The van der Waals surface area contributed by atoms with Crippen molar-refractivity contribution in [1.82, 2.24) is 0 Å². The number of rotatable bonds is 14. The Balaban J connectivity index is 1.79. The molecule has 186 valence electrons. The summed E-state index contributed by atoms with van der Waals surface area (Å²) in [5, 5.41) is 0.541. The molecule has 0 bridgehead atoms. The summed E-state index contributed by atoms with van der Waals surface area (Å²) in [5.74, 6) is -0.318. The molecule has 0 fully saturated rings. The third kappa shape index (κ3) is 7.60. The van der Waals surface area contributed by atoms with Gasteiger partial charge >= 0.3 is 7.60 Å². The van der Waals surface area contributed by atoms with Crippen molar-refractivity contribution in [2.45, 2.75) is 75.0 Å². The highest BCUT2D eigenvalue weighted by Crippen LogP contribution is 2.52. The van der Waals surface area contributed by atoms with E-state index < -0.39 is 7.60 Å². The van der Waals surface area contributed by atoms with Crippen LogP contribution in [0.5, 0.6) is 0 Å². The number of benzene rings is 2. The first-order chi connectivity index (χ1) is 16.5. The van der Waals surface area contributed by atoms with Gasteiger partial charge in [-0.2, -0.15) is 0 Å². The lowest BCUT2D eigenvalue weighted by molar-refractivity contribution is -0.115. The molecule has 8 heteroatoms. The summed E-state index contributed by atoms with van der Waals surface area (Å²) in [6, 6.07) is 13.2. The van der Waals surface area contributed by atoms with E-state index in [0.29, 0.717) is 23.9 Å². The maximum absolute atomic E-state index is 13.7. The van der Waals surface area contributed by atoms with Crippen LogP contribution in [0.4, 0.5) is 11.4 Å². The van der Waals surface area contributed by atoms with Gasteiger partial charge in [0, 0.05) is 14.8 Å². The van der Waals surface area contributed by atoms with Crippen molar-refractivity contribution in [1.29, 1.82) is 0 Å². The van der Waals surface area contributed by atoms with E-state index >= 15 is 0 Å². The molecule has 0 aliphatic carbocycles. The predicted octanol–water partition coefficient (Wildman–Crippen LogP) is 8.86. The standard InChI is InChI=1S/C26H35ClNO4PS/c1-3-5-7-11-17-31-33(30,32-18-12-8-6-4-2)20-26(29)28-22-13-9-10-14-24(22)34-25-16-15-21(27)19-23(25)28/h9-10,13-16,19H,3-8,11-12,17-18,20H2,1-2H3. The fourth-order valence-electron chi connectivity index (χ4n) is 3.83. The summed E-state index contributed by atoms with van der Waals surface area (Å²) in [6.07, 6.45) is 7.72. The molecular formula is C26H35ClNO4PS. The zero-order valence-electron chi connectivity index (χ0n) is 20.1. The molecule has 0 atom stereocenters. The molecule has 1 aliphatic heterocycles. The van der Waals surface area contributed by atoms with E-state index in [1.165, 1.54) is 0 Å². The van der Waals surface area contributed by atoms with E-state index in [1.54, 1.807) is 22.7 Å². The fourth-order valence-corrected chi connectivity index (χ4v) is 6.58. The number of hydrogen-bond donors (Lipinski definition) is 0. The van der Waals surface area contributed by atoms with Crippen molar-refractivity contribution in [3.63, 3.8) is 0 Å². The third-order valence-electron chi connectivity index (χ3n) is 5.64. The average molecular weight is 524 g/mol. The van der Waals surface area contributed by atoms with Crippen molar-refractivity contribution in [2.24, 2.45) is 0 Å². The van der Waals surface area contributed by atoms with Gasteiger partial charge in [-0.15, -0.1) is 0 Å². The van der Waals surface area contributed by atoms with E-state index in [1.807, 2.05) is 36.4 Å². The van der Waals surface area contributed by atoms with Gasteiger partial charge < -0.3 is 9.05 Å². The van der Waals surface area contributed by atoms with Gasteiger partial charge in [0.05, 0.1) is 24.6 Å². The molecule has 2 aromatic rings. The summed E-state index contributed by atoms with van der Waals surface area (Å²) in [5.41, 5.74) is 1.45. The number of para-hydroxylation sites is 1. The monoisotopic (exact) mass is 523 g/mol. The van der Waals surface area contributed by atoms with Crippen LogP contribution in [0.25, 0.3) is 0 Å². The topological polar surface area (TPSA) is 55.8 Å². The summed E-state index contributed by atoms with van der Waals surface area (Å²) < 4.78 is 25.3. The van der Waals surface area contributed by atoms with Crippen LogP contribution >= 0.6 is 31.0 Å². The molecule has 2 aromatic carbocycles. The fraction of sp³-hybridized carbons (Fsp3) is 0.500. The number of anilines is 2. The van der Waals surface area contributed by atoms with Crippen molar-refractivity contribution < 1.29 is 18.4 Å². The highest BCUT2D eigenvalue weighted by Gasteiger charge is 2.35. The quantitative estimate of drug-likeness (QED) is 0.183. The molecule has 0 saturated carbocycles. The Bertz CT molecular complexity index is 985. The van der Waals surface area contributed by atoms with Crippen molar-refractivity contribution in [3.8, 4) is 0 Å². The molecule has 1 aliphatic rings. The molecule has 1 heterocycles. The van der Waals surface area contributed by atoms with Crippen LogP contribution in [0.1, 0.15) is 65.2 Å². The van der Waals surface area contributed by atoms with E-state index in [2.05, 4.69) is 13.8 Å². The van der Waals surface area contributed by atoms with Crippen LogP contribution in [-0.4, -0.2) is 25.3 Å². The highest BCUT2D eigenvalue weighted by molar-refractivity contribution is 7.99. The van der Waals surface area contributed by atoms with Crippen LogP contribution in [-0.2, 0) is 18.4 Å². The molecule has 0 saturated heterocycles. The molecule has 5 nitrogen and oxygen atoms in total. The van der Waals surface area contributed by atoms with Crippen molar-refractivity contribution in [3.05, 3.63) is 47.5 Å². The summed E-state index contributed by atoms with van der Waals surface area (Å²) in [7, 11) is -3.61. The normalized spacial score (nSPS) is 13.0. The lowest BCUT2D eigenvalue weighted by Crippen LogP contribution is -2.31. The molecule has 1 amide bonds. The van der Waals surface area contributed by atoms with Crippen LogP contribution in [0.15, 0.2) is 52.3 Å². The zero-order valence-corrected chi connectivity index (χ0v) is 22.6. The lowest BCUT2D eigenvalue weighted by atomic mass is 10.2. The first-order valence-electron chi connectivity index (χ1n) is 12.2. The minimum absolute atomic E-state index is 0.306. The van der Waals surface area contributed by atoms with Crippen LogP contribution in [0.2, 0.25) is 5.02 Å². The number of fused-ring (bicyclic) bond motifs is 2. The maximum Gasteiger partial charge on any atom is 0.340 e. The Morgan fingerprint density at radius 2 is 1.50 bits per heavy atom. The molecule has 0 spiro atoms. The summed E-state index contributed by atoms with van der Waals surface area (Å²) in [4.78, 5) is 17.2. The van der Waals surface area contributed by atoms with Crippen molar-refractivity contribution in [2.75, 3.05) is 24.3 Å². The van der Waals surface area contributed by atoms with Gasteiger partial charge in [-0.25, -0.2) is 0 Å². The van der Waals surface area contributed by atoms with E-state index in [0.717, 1.165) is 66.8 Å². The minimum atomic E-state index is -3.61. The van der Waals surface area contributed by atoms with Gasteiger partial charge in [-0.05, 0) is 43.2 Å². The third-order valence-corrected chi connectivity index (χ3v) is 8.81. The Morgan fingerprint density at radius 3 is 2.15 bits per heavy atom. The first-order valence-corrected chi connectivity index (χ1v) is 15.2. The number of amides is 1. The van der Waals surface area contributed by atoms with E-state index in [9.17, 15) is 9.36 Å². The molecule has 3 rings (SSSR count). The maximum atomic E-state index is 13.7. The molecule has 0 N–H and O–H groups in total. The van der Waals surface area contributed by atoms with Gasteiger partial charge in [-0.1, -0.05) is 87.9 Å². The second-order valence-corrected chi connectivity index (χ2v) is 12.0. The summed E-state index contributed by atoms with van der Waals surface area (Å²) >= 11 is 7.86. The molecular weight excluding hydrogens is 489 g/mol. The van der Waals surface area contributed by atoms with Crippen LogP contribution in [0, 0.1) is 0 Å². The number of nitrogens with zero attached hydrogens (tertiary/aromatic N) is 1. The second kappa shape index (κ2) is 13.7. The Morgan fingerprint density at radius 1 is 0.882 bits per heavy atom. The average Bonchev–Trinajstić information content (AvgIpc) is 2.82. The number of carbonyl (C=O) groups excluding carboxylic acids is 1. The van der Waals surface area contributed by atoms with Crippen LogP contribution < -0.4 is 4.90 Å². The lowest BCUT2D eigenvalue weighted by Gasteiger charge is -2.32. The van der Waals surface area contributed by atoms with Gasteiger partial charge in [-0.3, -0.25) is 14.3 Å². The second-order valence-electron chi connectivity index (χ2n) is 8.47. The molecule has 0 unspecified atom stereocenters. The van der Waals surface area contributed by atoms with E-state index in [-0.39, 0.29) is 12.1 Å². The smallest absolute Gasteiger partial charge is 0.308 e. The highest BCUT2D eigenvalue weighted by atomic mass is 35.5. The Labute approximate surface area is 213 Å². The Kier molecular flexibility index (Phi) is 11.0. The number of halogens is 1. The van der Waals surface area contributed by atoms with Gasteiger partial charge in [0.25, 0.3) is 0 Å². The van der Waals surface area contributed by atoms with Crippen LogP contribution in [0.3, 0.4) is 0 Å². The van der Waals surface area contributed by atoms with Gasteiger partial charge in [0.15, 0.2) is 0 Å². The van der Waals surface area contributed by atoms with Gasteiger partial charge in [0.1, 0.15) is 6.16 Å². The van der Waals surface area contributed by atoms with Crippen molar-refractivity contribution >= 4 is 48.2 Å². The minimum Gasteiger partial charge on any atom is -0.308 e. The largest absolute Gasteiger partial charge is 0.340 e. The molecule has 0 radical (unpaired) electrons. The number of carbonyl (C=O) groups is 1. The Hall–Kier alpha value is -1.30. The van der Waals surface area contributed by atoms with E-state index in [4.69, 9.17) is 20.6 Å². The predicted molar refractivity (Wildman–Crippen MR) is 142 cm³/mol. The first kappa shape index (κ1) is 27.3. The number of unbranched alkanes of at least 4 members (excludes halogenated alkanes) is 6. The number of hydrogen-bond acceptors (Lipinski definition) is 5.